The molecule has 1 atom stereocenters. The van der Waals surface area contributed by atoms with Gasteiger partial charge in [-0.3, -0.25) is 9.59 Å². The van der Waals surface area contributed by atoms with Gasteiger partial charge in [-0.15, -0.1) is 0 Å². The Morgan fingerprint density at radius 1 is 1.31 bits per heavy atom. The molecule has 90 valence electrons. The molecule has 0 N–H and O–H groups in total. The number of hydrogen-bond acceptors (Lipinski definition) is 4. The molecule has 0 aromatic heterocycles. The Labute approximate surface area is 95.7 Å². The van der Waals surface area contributed by atoms with Crippen LogP contribution in [-0.4, -0.2) is 24.1 Å². The number of rotatable bonds is 7. The first-order chi connectivity index (χ1) is 7.34. The van der Waals surface area contributed by atoms with Gasteiger partial charge in [-0.1, -0.05) is 12.7 Å². The summed E-state index contributed by atoms with van der Waals surface area (Å²) in [5.74, 6) is -0.937. The second kappa shape index (κ2) is 6.20. The quantitative estimate of drug-likeness (QED) is 0.376. The average molecular weight is 226 g/mol. The van der Waals surface area contributed by atoms with Gasteiger partial charge >= 0.3 is 5.97 Å². The summed E-state index contributed by atoms with van der Waals surface area (Å²) in [4.78, 5) is 34.0. The molecule has 0 radical (unpaired) electrons. The minimum absolute atomic E-state index is 0.0519. The molecule has 0 spiro atoms. The van der Waals surface area contributed by atoms with E-state index in [0.717, 1.165) is 0 Å². The summed E-state index contributed by atoms with van der Waals surface area (Å²) in [6.07, 6.45) is 1.82. The molecule has 0 rings (SSSR count). The van der Waals surface area contributed by atoms with E-state index in [9.17, 15) is 14.4 Å². The van der Waals surface area contributed by atoms with Crippen molar-refractivity contribution < 1.29 is 19.1 Å². The third-order valence-electron chi connectivity index (χ3n) is 2.54. The molecule has 0 aromatic rings. The van der Waals surface area contributed by atoms with E-state index in [2.05, 4.69) is 6.58 Å². The van der Waals surface area contributed by atoms with Crippen molar-refractivity contribution >= 4 is 17.5 Å². The maximum atomic E-state index is 11.7. The third kappa shape index (κ3) is 3.96. The lowest BCUT2D eigenvalue weighted by molar-refractivity contribution is -0.158. The summed E-state index contributed by atoms with van der Waals surface area (Å²) >= 11 is 0. The van der Waals surface area contributed by atoms with Crippen LogP contribution in [0.3, 0.4) is 0 Å². The van der Waals surface area contributed by atoms with Crippen LogP contribution in [-0.2, 0) is 19.1 Å². The van der Waals surface area contributed by atoms with Gasteiger partial charge in [0.15, 0.2) is 0 Å². The van der Waals surface area contributed by atoms with E-state index >= 15 is 0 Å². The Bertz CT molecular complexity index is 306. The van der Waals surface area contributed by atoms with Crippen LogP contribution in [0.1, 0.15) is 33.6 Å². The molecule has 1 unspecified atom stereocenters. The molecule has 0 amide bonds. The number of esters is 1. The van der Waals surface area contributed by atoms with Gasteiger partial charge < -0.3 is 9.53 Å². The number of Topliss-reactive ketones (excluding diaryl/α,β-unsaturated/α-hetero) is 2. The first kappa shape index (κ1) is 14.6. The van der Waals surface area contributed by atoms with Crippen LogP contribution in [0.4, 0.5) is 0 Å². The zero-order chi connectivity index (χ0) is 12.8. The molecule has 0 saturated carbocycles. The summed E-state index contributed by atoms with van der Waals surface area (Å²) in [5, 5.41) is 0. The fourth-order valence-corrected chi connectivity index (χ4v) is 1.14. The summed E-state index contributed by atoms with van der Waals surface area (Å²) in [6, 6.07) is 0. The Morgan fingerprint density at radius 2 is 1.88 bits per heavy atom. The van der Waals surface area contributed by atoms with Crippen LogP contribution >= 0.6 is 0 Å². The van der Waals surface area contributed by atoms with Gasteiger partial charge in [0.2, 0.25) is 0 Å². The van der Waals surface area contributed by atoms with Crippen LogP contribution in [0, 0.1) is 5.41 Å². The van der Waals surface area contributed by atoms with Crippen LogP contribution in [0.5, 0.6) is 0 Å². The van der Waals surface area contributed by atoms with E-state index in [4.69, 9.17) is 4.74 Å². The zero-order valence-corrected chi connectivity index (χ0v) is 10.0. The predicted octanol–water partition coefficient (Wildman–Crippen LogP) is 1.68. The molecule has 0 aliphatic rings. The number of hydrogen-bond donors (Lipinski definition) is 0. The molecule has 4 heteroatoms. The van der Waals surface area contributed by atoms with Crippen LogP contribution in [0.25, 0.3) is 0 Å². The molecule has 0 aromatic carbocycles. The van der Waals surface area contributed by atoms with Gasteiger partial charge in [-0.25, -0.2) is 0 Å². The molecule has 0 saturated heterocycles. The minimum atomic E-state index is -1.23. The summed E-state index contributed by atoms with van der Waals surface area (Å²) in [5.41, 5.74) is -1.23. The van der Waals surface area contributed by atoms with Crippen molar-refractivity contribution in [2.75, 3.05) is 6.61 Å². The van der Waals surface area contributed by atoms with Crippen molar-refractivity contribution in [3.05, 3.63) is 12.7 Å². The molecule has 0 bridgehead atoms. The smallest absolute Gasteiger partial charge is 0.319 e. The molecule has 16 heavy (non-hydrogen) atoms. The second-order valence-corrected chi connectivity index (χ2v) is 3.98. The maximum absolute atomic E-state index is 11.7. The van der Waals surface area contributed by atoms with Crippen LogP contribution < -0.4 is 0 Å². The lowest BCUT2D eigenvalue weighted by atomic mass is 9.81. The maximum Gasteiger partial charge on any atom is 0.319 e. The van der Waals surface area contributed by atoms with Gasteiger partial charge in [-0.05, 0) is 27.2 Å². The first-order valence-electron chi connectivity index (χ1n) is 5.13. The van der Waals surface area contributed by atoms with Gasteiger partial charge in [0.05, 0.1) is 0 Å². The standard InChI is InChI=1S/C12H18O4/c1-5-8-16-11(15)12(4,10(3)14)7-6-9(2)13/h5H,1,6-8H2,2-4H3. The fourth-order valence-electron chi connectivity index (χ4n) is 1.14. The van der Waals surface area contributed by atoms with Gasteiger partial charge in [0.25, 0.3) is 0 Å². The number of carbonyl (C=O) groups excluding carboxylic acids is 3. The Kier molecular flexibility index (Phi) is 5.64. The van der Waals surface area contributed by atoms with Gasteiger partial charge in [0.1, 0.15) is 23.6 Å². The Morgan fingerprint density at radius 3 is 2.25 bits per heavy atom. The van der Waals surface area contributed by atoms with Crippen molar-refractivity contribution in [1.82, 2.24) is 0 Å². The van der Waals surface area contributed by atoms with Gasteiger partial charge in [0, 0.05) is 6.42 Å². The molecular formula is C12H18O4. The van der Waals surface area contributed by atoms with E-state index in [1.54, 1.807) is 0 Å². The SMILES string of the molecule is C=CCOC(=O)C(C)(CCC(C)=O)C(C)=O. The van der Waals surface area contributed by atoms with Crippen molar-refractivity contribution in [3.8, 4) is 0 Å². The number of carbonyl (C=O) groups is 3. The van der Waals surface area contributed by atoms with Crippen LogP contribution in [0.2, 0.25) is 0 Å². The zero-order valence-electron chi connectivity index (χ0n) is 10.0. The van der Waals surface area contributed by atoms with Crippen molar-refractivity contribution in [1.29, 1.82) is 0 Å². The van der Waals surface area contributed by atoms with E-state index in [1.807, 2.05) is 0 Å². The monoisotopic (exact) mass is 226 g/mol. The highest BCUT2D eigenvalue weighted by Crippen LogP contribution is 2.26. The Hall–Kier alpha value is -1.45. The molecular weight excluding hydrogens is 208 g/mol. The third-order valence-corrected chi connectivity index (χ3v) is 2.54. The molecule has 0 aliphatic carbocycles. The average Bonchev–Trinajstić information content (AvgIpc) is 2.21. The van der Waals surface area contributed by atoms with Crippen molar-refractivity contribution in [2.45, 2.75) is 33.6 Å². The van der Waals surface area contributed by atoms with E-state index in [1.165, 1.54) is 26.8 Å². The molecule has 0 fully saturated rings. The molecule has 4 nitrogen and oxygen atoms in total. The molecule has 0 aliphatic heterocycles. The molecule has 0 heterocycles. The lowest BCUT2D eigenvalue weighted by Gasteiger charge is -2.23. The summed E-state index contributed by atoms with van der Waals surface area (Å²) in [7, 11) is 0. The predicted molar refractivity (Wildman–Crippen MR) is 59.9 cm³/mol. The summed E-state index contributed by atoms with van der Waals surface area (Å²) in [6.45, 7) is 7.75. The highest BCUT2D eigenvalue weighted by molar-refractivity contribution is 6.02. The van der Waals surface area contributed by atoms with E-state index in [-0.39, 0.29) is 31.0 Å². The highest BCUT2D eigenvalue weighted by Gasteiger charge is 2.39. The normalized spacial score (nSPS) is 13.7. The Balaban J connectivity index is 4.67. The van der Waals surface area contributed by atoms with Crippen molar-refractivity contribution in [3.63, 3.8) is 0 Å². The lowest BCUT2D eigenvalue weighted by Crippen LogP contribution is -2.37. The number of ketones is 2. The first-order valence-corrected chi connectivity index (χ1v) is 5.13. The van der Waals surface area contributed by atoms with Gasteiger partial charge in [-0.2, -0.15) is 0 Å². The number of ether oxygens (including phenoxy) is 1. The second-order valence-electron chi connectivity index (χ2n) is 3.98. The van der Waals surface area contributed by atoms with Crippen LogP contribution in [0.15, 0.2) is 12.7 Å². The summed E-state index contributed by atoms with van der Waals surface area (Å²) < 4.78 is 4.86. The minimum Gasteiger partial charge on any atom is -0.461 e. The fraction of sp³-hybridized carbons (Fsp3) is 0.583. The largest absolute Gasteiger partial charge is 0.461 e. The van der Waals surface area contributed by atoms with E-state index < -0.39 is 11.4 Å². The van der Waals surface area contributed by atoms with Crippen molar-refractivity contribution in [2.24, 2.45) is 5.41 Å². The topological polar surface area (TPSA) is 60.4 Å². The van der Waals surface area contributed by atoms with E-state index in [0.29, 0.717) is 0 Å². The highest BCUT2D eigenvalue weighted by atomic mass is 16.5.